The van der Waals surface area contributed by atoms with Gasteiger partial charge in [-0.3, -0.25) is 4.79 Å². The highest BCUT2D eigenvalue weighted by Gasteiger charge is 2.13. The van der Waals surface area contributed by atoms with Crippen LogP contribution in [0.15, 0.2) is 42.5 Å². The summed E-state index contributed by atoms with van der Waals surface area (Å²) in [5.41, 5.74) is 7.08. The summed E-state index contributed by atoms with van der Waals surface area (Å²) in [6.45, 7) is 3.27. The first kappa shape index (κ1) is 19.1. The van der Waals surface area contributed by atoms with Crippen LogP contribution < -0.4 is 20.5 Å². The Bertz CT molecular complexity index is 772. The van der Waals surface area contributed by atoms with Crippen molar-refractivity contribution in [3.05, 3.63) is 48.0 Å². The first-order valence-electron chi connectivity index (χ1n) is 8.06. The van der Waals surface area contributed by atoms with Gasteiger partial charge in [-0.25, -0.2) is 4.79 Å². The molecular weight excluding hydrogens is 336 g/mol. The molecule has 0 saturated carbocycles. The Hall–Kier alpha value is -3.22. The Balaban J connectivity index is 1.97. The molecule has 0 aliphatic rings. The van der Waals surface area contributed by atoms with Crippen LogP contribution in [0.5, 0.6) is 11.5 Å². The number of nitrogens with two attached hydrogens (primary N) is 1. The van der Waals surface area contributed by atoms with E-state index in [4.69, 9.17) is 19.9 Å². The molecule has 2 rings (SSSR count). The number of hydrogen-bond acceptors (Lipinski definition) is 6. The third kappa shape index (κ3) is 5.41. The van der Waals surface area contributed by atoms with Crippen LogP contribution in [0.2, 0.25) is 0 Å². The van der Waals surface area contributed by atoms with Crippen molar-refractivity contribution in [3.63, 3.8) is 0 Å². The number of hydrogen-bond donors (Lipinski definition) is 2. The minimum atomic E-state index is -0.479. The Labute approximate surface area is 152 Å². The molecule has 0 fully saturated rings. The van der Waals surface area contributed by atoms with Crippen molar-refractivity contribution in [2.45, 2.75) is 20.0 Å². The summed E-state index contributed by atoms with van der Waals surface area (Å²) in [6, 6.07) is 11.4. The monoisotopic (exact) mass is 358 g/mol. The van der Waals surface area contributed by atoms with E-state index in [0.29, 0.717) is 22.7 Å². The van der Waals surface area contributed by atoms with Gasteiger partial charge in [0, 0.05) is 5.69 Å². The normalized spacial score (nSPS) is 10.3. The molecular formula is C19H22N2O5. The molecule has 0 aliphatic carbocycles. The van der Waals surface area contributed by atoms with E-state index in [1.165, 1.54) is 12.1 Å². The fourth-order valence-corrected chi connectivity index (χ4v) is 2.08. The van der Waals surface area contributed by atoms with E-state index < -0.39 is 5.97 Å². The van der Waals surface area contributed by atoms with Gasteiger partial charge in [-0.2, -0.15) is 0 Å². The highest BCUT2D eigenvalue weighted by Crippen LogP contribution is 2.23. The Kier molecular flexibility index (Phi) is 6.43. The lowest BCUT2D eigenvalue weighted by Crippen LogP contribution is -2.20. The summed E-state index contributed by atoms with van der Waals surface area (Å²) in [4.78, 5) is 24.0. The highest BCUT2D eigenvalue weighted by molar-refractivity contribution is 5.92. The standard InChI is InChI=1S/C19H22N2O5/c1-12(2)26-19(23)13-4-9-16(20)17(10-13)25-11-18(22)21-14-5-7-15(24-3)8-6-14/h4-10,12H,11,20H2,1-3H3,(H,21,22). The van der Waals surface area contributed by atoms with E-state index >= 15 is 0 Å². The van der Waals surface area contributed by atoms with E-state index in [2.05, 4.69) is 5.32 Å². The summed E-state index contributed by atoms with van der Waals surface area (Å²) >= 11 is 0. The smallest absolute Gasteiger partial charge is 0.338 e. The molecule has 3 N–H and O–H groups in total. The number of ether oxygens (including phenoxy) is 3. The van der Waals surface area contributed by atoms with Crippen molar-refractivity contribution in [3.8, 4) is 11.5 Å². The predicted molar refractivity (Wildman–Crippen MR) is 98.5 cm³/mol. The Morgan fingerprint density at radius 1 is 1.12 bits per heavy atom. The number of carbonyl (C=O) groups is 2. The third-order valence-electron chi connectivity index (χ3n) is 3.32. The molecule has 0 aromatic heterocycles. The number of amides is 1. The third-order valence-corrected chi connectivity index (χ3v) is 3.32. The molecule has 0 saturated heterocycles. The van der Waals surface area contributed by atoms with Crippen LogP contribution in [0.4, 0.5) is 11.4 Å². The number of carbonyl (C=O) groups excluding carboxylic acids is 2. The second-order valence-corrected chi connectivity index (χ2v) is 5.77. The minimum Gasteiger partial charge on any atom is -0.497 e. The van der Waals surface area contributed by atoms with Crippen LogP contribution in [0.3, 0.4) is 0 Å². The lowest BCUT2D eigenvalue weighted by molar-refractivity contribution is -0.118. The molecule has 26 heavy (non-hydrogen) atoms. The zero-order chi connectivity index (χ0) is 19.1. The lowest BCUT2D eigenvalue weighted by Gasteiger charge is -2.12. The SMILES string of the molecule is COc1ccc(NC(=O)COc2cc(C(=O)OC(C)C)ccc2N)cc1. The van der Waals surface area contributed by atoms with Gasteiger partial charge in [0.15, 0.2) is 6.61 Å². The second-order valence-electron chi connectivity index (χ2n) is 5.77. The zero-order valence-corrected chi connectivity index (χ0v) is 14.9. The number of anilines is 2. The average molecular weight is 358 g/mol. The molecule has 7 heteroatoms. The summed E-state index contributed by atoms with van der Waals surface area (Å²) in [5, 5.41) is 2.69. The molecule has 0 bridgehead atoms. The fraction of sp³-hybridized carbons (Fsp3) is 0.263. The van der Waals surface area contributed by atoms with Gasteiger partial charge >= 0.3 is 5.97 Å². The molecule has 2 aromatic carbocycles. The number of methoxy groups -OCH3 is 1. The summed E-state index contributed by atoms with van der Waals surface area (Å²) in [6.07, 6.45) is -0.236. The number of nitrogen functional groups attached to an aromatic ring is 1. The molecule has 2 aromatic rings. The van der Waals surface area contributed by atoms with Gasteiger partial charge in [0.25, 0.3) is 5.91 Å². The maximum atomic E-state index is 12.0. The van der Waals surface area contributed by atoms with E-state index in [1.54, 1.807) is 51.3 Å². The van der Waals surface area contributed by atoms with Gasteiger partial charge in [-0.05, 0) is 56.3 Å². The summed E-state index contributed by atoms with van der Waals surface area (Å²) in [5.74, 6) is 0.0995. The van der Waals surface area contributed by atoms with Crippen molar-refractivity contribution in [1.29, 1.82) is 0 Å². The van der Waals surface area contributed by atoms with Gasteiger partial charge in [0.2, 0.25) is 0 Å². The Morgan fingerprint density at radius 2 is 1.81 bits per heavy atom. The molecule has 0 radical (unpaired) electrons. The van der Waals surface area contributed by atoms with Gasteiger partial charge in [0.1, 0.15) is 11.5 Å². The van der Waals surface area contributed by atoms with Crippen LogP contribution in [0.25, 0.3) is 0 Å². The molecule has 0 atom stereocenters. The second kappa shape index (κ2) is 8.75. The largest absolute Gasteiger partial charge is 0.497 e. The Morgan fingerprint density at radius 3 is 2.42 bits per heavy atom. The number of benzene rings is 2. The van der Waals surface area contributed by atoms with Gasteiger partial charge in [-0.15, -0.1) is 0 Å². The van der Waals surface area contributed by atoms with Gasteiger partial charge in [0.05, 0.1) is 24.5 Å². The van der Waals surface area contributed by atoms with Crippen LogP contribution in [0, 0.1) is 0 Å². The van der Waals surface area contributed by atoms with Crippen molar-refractivity contribution >= 4 is 23.3 Å². The summed E-state index contributed by atoms with van der Waals surface area (Å²) in [7, 11) is 1.57. The van der Waals surface area contributed by atoms with Crippen molar-refractivity contribution in [1.82, 2.24) is 0 Å². The minimum absolute atomic E-state index is 0.236. The number of rotatable bonds is 7. The van der Waals surface area contributed by atoms with Gasteiger partial charge < -0.3 is 25.3 Å². The van der Waals surface area contributed by atoms with E-state index in [9.17, 15) is 9.59 Å². The van der Waals surface area contributed by atoms with E-state index in [-0.39, 0.29) is 24.4 Å². The number of esters is 1. The maximum absolute atomic E-state index is 12.0. The molecule has 0 spiro atoms. The topological polar surface area (TPSA) is 99.9 Å². The lowest BCUT2D eigenvalue weighted by atomic mass is 10.2. The van der Waals surface area contributed by atoms with Crippen LogP contribution in [-0.4, -0.2) is 31.7 Å². The molecule has 0 heterocycles. The molecule has 0 aliphatic heterocycles. The highest BCUT2D eigenvalue weighted by atomic mass is 16.5. The molecule has 7 nitrogen and oxygen atoms in total. The molecule has 1 amide bonds. The van der Waals surface area contributed by atoms with Crippen LogP contribution in [0.1, 0.15) is 24.2 Å². The van der Waals surface area contributed by atoms with Crippen LogP contribution >= 0.6 is 0 Å². The fourth-order valence-electron chi connectivity index (χ4n) is 2.08. The quantitative estimate of drug-likeness (QED) is 0.583. The van der Waals surface area contributed by atoms with Crippen molar-refractivity contribution in [2.24, 2.45) is 0 Å². The van der Waals surface area contributed by atoms with Crippen LogP contribution in [-0.2, 0) is 9.53 Å². The first-order valence-corrected chi connectivity index (χ1v) is 8.06. The molecule has 0 unspecified atom stereocenters. The molecule has 138 valence electrons. The maximum Gasteiger partial charge on any atom is 0.338 e. The predicted octanol–water partition coefficient (Wildman–Crippen LogP) is 2.86. The van der Waals surface area contributed by atoms with Crippen molar-refractivity contribution < 1.29 is 23.8 Å². The average Bonchev–Trinajstić information content (AvgIpc) is 2.61. The van der Waals surface area contributed by atoms with Crippen molar-refractivity contribution in [2.75, 3.05) is 24.8 Å². The first-order chi connectivity index (χ1) is 12.4. The zero-order valence-electron chi connectivity index (χ0n) is 14.9. The summed E-state index contributed by atoms with van der Waals surface area (Å²) < 4.78 is 15.6. The van der Waals surface area contributed by atoms with E-state index in [0.717, 1.165) is 0 Å². The van der Waals surface area contributed by atoms with Gasteiger partial charge in [-0.1, -0.05) is 0 Å². The van der Waals surface area contributed by atoms with E-state index in [1.807, 2.05) is 0 Å². The number of nitrogens with one attached hydrogen (secondary N) is 1.